The number of hydrogen-bond donors (Lipinski definition) is 1. The van der Waals surface area contributed by atoms with Gasteiger partial charge in [0, 0.05) is 50.1 Å². The van der Waals surface area contributed by atoms with Gasteiger partial charge in [-0.15, -0.1) is 0 Å². The number of imide groups is 1. The highest BCUT2D eigenvalue weighted by Gasteiger charge is 2.39. The van der Waals surface area contributed by atoms with Crippen molar-refractivity contribution in [1.29, 1.82) is 0 Å². The number of hydrogen-bond acceptors (Lipinski definition) is 7. The van der Waals surface area contributed by atoms with E-state index in [9.17, 15) is 9.59 Å². The van der Waals surface area contributed by atoms with Crippen LogP contribution in [0.3, 0.4) is 0 Å². The molecule has 4 rings (SSSR count). The highest BCUT2D eigenvalue weighted by atomic mass is 16.5. The molecular formula is C24H27N3O5. The van der Waals surface area contributed by atoms with Crippen molar-refractivity contribution in [2.24, 2.45) is 0 Å². The Hall–Kier alpha value is -3.36. The fourth-order valence-electron chi connectivity index (χ4n) is 3.86. The molecule has 8 heteroatoms. The molecule has 0 saturated carbocycles. The zero-order chi connectivity index (χ0) is 22.5. The lowest BCUT2D eigenvalue weighted by Crippen LogP contribution is -2.43. The van der Waals surface area contributed by atoms with Crippen LogP contribution in [0.2, 0.25) is 0 Å². The van der Waals surface area contributed by atoms with Gasteiger partial charge in [-0.2, -0.15) is 0 Å². The summed E-state index contributed by atoms with van der Waals surface area (Å²) >= 11 is 0. The molecular weight excluding hydrogens is 410 g/mol. The zero-order valence-corrected chi connectivity index (χ0v) is 18.3. The highest BCUT2D eigenvalue weighted by Crippen LogP contribution is 2.33. The Morgan fingerprint density at radius 2 is 1.56 bits per heavy atom. The predicted octanol–water partition coefficient (Wildman–Crippen LogP) is 2.23. The van der Waals surface area contributed by atoms with Crippen molar-refractivity contribution in [2.45, 2.75) is 0 Å². The van der Waals surface area contributed by atoms with Gasteiger partial charge in [0.05, 0.1) is 33.0 Å². The molecule has 0 aromatic heterocycles. The van der Waals surface area contributed by atoms with Crippen LogP contribution in [0.15, 0.2) is 54.2 Å². The molecule has 2 amide bonds. The van der Waals surface area contributed by atoms with Crippen LogP contribution < -0.4 is 14.8 Å². The van der Waals surface area contributed by atoms with Gasteiger partial charge < -0.3 is 19.5 Å². The number of ether oxygens (including phenoxy) is 3. The molecule has 0 bridgehead atoms. The Morgan fingerprint density at radius 3 is 2.19 bits per heavy atom. The van der Waals surface area contributed by atoms with Gasteiger partial charge in [-0.3, -0.25) is 19.4 Å². The molecule has 2 heterocycles. The lowest BCUT2D eigenvalue weighted by atomic mass is 10.0. The van der Waals surface area contributed by atoms with Crippen molar-refractivity contribution in [3.05, 3.63) is 59.8 Å². The monoisotopic (exact) mass is 437 g/mol. The van der Waals surface area contributed by atoms with E-state index in [0.717, 1.165) is 13.1 Å². The van der Waals surface area contributed by atoms with E-state index in [0.29, 0.717) is 54.6 Å². The average molecular weight is 437 g/mol. The first kappa shape index (κ1) is 21.9. The summed E-state index contributed by atoms with van der Waals surface area (Å²) in [5.41, 5.74) is 1.90. The number of amides is 2. The van der Waals surface area contributed by atoms with Crippen LogP contribution >= 0.6 is 0 Å². The molecule has 0 radical (unpaired) electrons. The zero-order valence-electron chi connectivity index (χ0n) is 18.3. The number of morpholine rings is 1. The summed E-state index contributed by atoms with van der Waals surface area (Å²) in [6.45, 7) is 3.86. The summed E-state index contributed by atoms with van der Waals surface area (Å²) in [5.74, 6) is 0.514. The van der Waals surface area contributed by atoms with Crippen molar-refractivity contribution in [3.8, 4) is 11.5 Å². The van der Waals surface area contributed by atoms with Crippen molar-refractivity contribution >= 4 is 23.1 Å². The fraction of sp³-hybridized carbons (Fsp3) is 0.333. The molecule has 1 N–H and O–H groups in total. The second-order valence-electron chi connectivity index (χ2n) is 7.56. The van der Waals surface area contributed by atoms with Gasteiger partial charge in [0.15, 0.2) is 0 Å². The molecule has 2 aliphatic rings. The Morgan fingerprint density at radius 1 is 0.906 bits per heavy atom. The Bertz CT molecular complexity index is 993. The fourth-order valence-corrected chi connectivity index (χ4v) is 3.86. The van der Waals surface area contributed by atoms with E-state index in [2.05, 4.69) is 10.2 Å². The van der Waals surface area contributed by atoms with E-state index < -0.39 is 0 Å². The molecule has 0 aliphatic carbocycles. The number of nitrogens with zero attached hydrogens (tertiary/aromatic N) is 2. The van der Waals surface area contributed by atoms with Crippen LogP contribution in [-0.2, 0) is 14.3 Å². The Labute approximate surface area is 187 Å². The van der Waals surface area contributed by atoms with E-state index in [1.807, 2.05) is 30.3 Å². The van der Waals surface area contributed by atoms with Crippen molar-refractivity contribution in [3.63, 3.8) is 0 Å². The molecule has 2 aliphatic heterocycles. The third kappa shape index (κ3) is 4.61. The maximum Gasteiger partial charge on any atom is 0.278 e. The first-order valence-corrected chi connectivity index (χ1v) is 10.6. The summed E-state index contributed by atoms with van der Waals surface area (Å²) < 4.78 is 16.1. The molecule has 0 atom stereocenters. The van der Waals surface area contributed by atoms with Gasteiger partial charge in [-0.05, 0) is 5.56 Å². The summed E-state index contributed by atoms with van der Waals surface area (Å²) in [5, 5.41) is 3.16. The normalized spacial score (nSPS) is 17.1. The van der Waals surface area contributed by atoms with Crippen molar-refractivity contribution in [2.75, 3.05) is 58.9 Å². The summed E-state index contributed by atoms with van der Waals surface area (Å²) in [4.78, 5) is 30.2. The number of methoxy groups -OCH3 is 2. The molecule has 168 valence electrons. The number of carbonyl (C=O) groups excluding carboxylic acids is 2. The van der Waals surface area contributed by atoms with Crippen LogP contribution in [0.25, 0.3) is 5.57 Å². The predicted molar refractivity (Wildman–Crippen MR) is 121 cm³/mol. The summed E-state index contributed by atoms with van der Waals surface area (Å²) in [6.07, 6.45) is 0. The summed E-state index contributed by atoms with van der Waals surface area (Å²) in [7, 11) is 3.12. The average Bonchev–Trinajstić information content (AvgIpc) is 3.07. The SMILES string of the molecule is COc1cc(NC2=C(c3ccccc3)C(=O)N(CCN3CCOCC3)C2=O)cc(OC)c1. The van der Waals surface area contributed by atoms with Gasteiger partial charge in [0.1, 0.15) is 17.2 Å². The van der Waals surface area contributed by atoms with Gasteiger partial charge in [0.25, 0.3) is 11.8 Å². The van der Waals surface area contributed by atoms with E-state index in [4.69, 9.17) is 14.2 Å². The molecule has 1 fully saturated rings. The Balaban J connectivity index is 1.64. The smallest absolute Gasteiger partial charge is 0.278 e. The first-order valence-electron chi connectivity index (χ1n) is 10.6. The third-order valence-corrected chi connectivity index (χ3v) is 5.59. The number of anilines is 1. The number of carbonyl (C=O) groups is 2. The van der Waals surface area contributed by atoms with Gasteiger partial charge in [-0.25, -0.2) is 0 Å². The minimum Gasteiger partial charge on any atom is -0.497 e. The second-order valence-corrected chi connectivity index (χ2v) is 7.56. The standard InChI is InChI=1S/C24H27N3O5/c1-30-19-14-18(15-20(16-19)31-2)25-22-21(17-6-4-3-5-7-17)23(28)27(24(22)29)9-8-26-10-12-32-13-11-26/h3-7,14-16,25H,8-13H2,1-2H3. The van der Waals surface area contributed by atoms with Crippen molar-refractivity contribution in [1.82, 2.24) is 9.80 Å². The Kier molecular flexibility index (Phi) is 6.72. The van der Waals surface area contributed by atoms with E-state index in [1.165, 1.54) is 4.90 Å². The van der Waals surface area contributed by atoms with E-state index >= 15 is 0 Å². The molecule has 8 nitrogen and oxygen atoms in total. The van der Waals surface area contributed by atoms with Gasteiger partial charge in [-0.1, -0.05) is 30.3 Å². The first-order chi connectivity index (χ1) is 15.6. The van der Waals surface area contributed by atoms with Crippen LogP contribution in [0, 0.1) is 0 Å². The quantitative estimate of drug-likeness (QED) is 0.635. The molecule has 32 heavy (non-hydrogen) atoms. The lowest BCUT2D eigenvalue weighted by molar-refractivity contribution is -0.137. The lowest BCUT2D eigenvalue weighted by Gasteiger charge is -2.28. The molecule has 2 aromatic carbocycles. The van der Waals surface area contributed by atoms with E-state index in [1.54, 1.807) is 32.4 Å². The van der Waals surface area contributed by atoms with Gasteiger partial charge >= 0.3 is 0 Å². The molecule has 0 unspecified atom stereocenters. The van der Waals surface area contributed by atoms with Gasteiger partial charge in [0.2, 0.25) is 0 Å². The summed E-state index contributed by atoms with van der Waals surface area (Å²) in [6, 6.07) is 14.5. The minimum atomic E-state index is -0.344. The topological polar surface area (TPSA) is 80.3 Å². The maximum atomic E-state index is 13.4. The highest BCUT2D eigenvalue weighted by molar-refractivity contribution is 6.36. The van der Waals surface area contributed by atoms with Crippen LogP contribution in [0.5, 0.6) is 11.5 Å². The van der Waals surface area contributed by atoms with Crippen LogP contribution in [-0.4, -0.2) is 75.2 Å². The second kappa shape index (κ2) is 9.84. The van der Waals surface area contributed by atoms with Crippen LogP contribution in [0.1, 0.15) is 5.56 Å². The van der Waals surface area contributed by atoms with Crippen LogP contribution in [0.4, 0.5) is 5.69 Å². The number of rotatable bonds is 8. The maximum absolute atomic E-state index is 13.4. The third-order valence-electron chi connectivity index (χ3n) is 5.59. The molecule has 1 saturated heterocycles. The number of nitrogens with one attached hydrogen (secondary N) is 1. The van der Waals surface area contributed by atoms with Crippen molar-refractivity contribution < 1.29 is 23.8 Å². The van der Waals surface area contributed by atoms with E-state index in [-0.39, 0.29) is 17.5 Å². The largest absolute Gasteiger partial charge is 0.497 e. The molecule has 2 aromatic rings. The molecule has 0 spiro atoms. The minimum absolute atomic E-state index is 0.249. The number of benzene rings is 2.